The number of aliphatic imine (C=N–C) groups is 1. The Morgan fingerprint density at radius 2 is 1.62 bits per heavy atom. The van der Waals surface area contributed by atoms with E-state index in [2.05, 4.69) is 90.0 Å². The standard InChI is InChI=1S/C23H18N2S/c1-2-8-16(9-3-1)23-14-21(25-20-12-6-7-13-22(20)26-23)18-15-24-19-11-5-4-10-17(18)19/h1-13,15,23-24H,14H2. The van der Waals surface area contributed by atoms with E-state index in [1.807, 2.05) is 11.8 Å². The third-order valence-electron chi connectivity index (χ3n) is 4.84. The summed E-state index contributed by atoms with van der Waals surface area (Å²) in [5.74, 6) is 0. The molecule has 0 fully saturated rings. The van der Waals surface area contributed by atoms with Crippen molar-refractivity contribution in [1.82, 2.24) is 4.98 Å². The van der Waals surface area contributed by atoms with Crippen molar-refractivity contribution in [2.75, 3.05) is 0 Å². The van der Waals surface area contributed by atoms with Crippen molar-refractivity contribution in [3.05, 3.63) is 96.2 Å². The Hall–Kier alpha value is -2.78. The number of rotatable bonds is 2. The zero-order valence-corrected chi connectivity index (χ0v) is 15.0. The molecular weight excluding hydrogens is 336 g/mol. The van der Waals surface area contributed by atoms with Gasteiger partial charge in [0.1, 0.15) is 0 Å². The molecule has 5 rings (SSSR count). The summed E-state index contributed by atoms with van der Waals surface area (Å²) < 4.78 is 0. The fourth-order valence-electron chi connectivity index (χ4n) is 3.54. The van der Waals surface area contributed by atoms with Gasteiger partial charge in [-0.15, -0.1) is 11.8 Å². The molecule has 0 aliphatic carbocycles. The molecule has 4 aromatic rings. The molecule has 26 heavy (non-hydrogen) atoms. The highest BCUT2D eigenvalue weighted by Crippen LogP contribution is 2.45. The largest absolute Gasteiger partial charge is 0.360 e. The molecule has 126 valence electrons. The SMILES string of the molecule is c1ccc(C2CC(c3c[nH]c4ccccc34)=Nc3ccccc3S2)cc1. The van der Waals surface area contributed by atoms with Crippen molar-refractivity contribution in [3.63, 3.8) is 0 Å². The van der Waals surface area contributed by atoms with Gasteiger partial charge in [-0.3, -0.25) is 4.99 Å². The second-order valence-corrected chi connectivity index (χ2v) is 7.74. The van der Waals surface area contributed by atoms with Gasteiger partial charge >= 0.3 is 0 Å². The van der Waals surface area contributed by atoms with Crippen LogP contribution in [0.15, 0.2) is 94.9 Å². The van der Waals surface area contributed by atoms with Crippen LogP contribution in [-0.2, 0) is 0 Å². The van der Waals surface area contributed by atoms with Crippen LogP contribution < -0.4 is 0 Å². The third kappa shape index (κ3) is 2.74. The average molecular weight is 354 g/mol. The Morgan fingerprint density at radius 3 is 2.54 bits per heavy atom. The number of thioether (sulfide) groups is 1. The predicted molar refractivity (Wildman–Crippen MR) is 111 cm³/mol. The van der Waals surface area contributed by atoms with Gasteiger partial charge in [0.15, 0.2) is 0 Å². The van der Waals surface area contributed by atoms with E-state index in [-0.39, 0.29) is 0 Å². The van der Waals surface area contributed by atoms with Crippen LogP contribution in [0.3, 0.4) is 0 Å². The molecule has 1 aliphatic heterocycles. The highest BCUT2D eigenvalue weighted by molar-refractivity contribution is 7.99. The summed E-state index contributed by atoms with van der Waals surface area (Å²) in [5.41, 5.74) is 5.93. The van der Waals surface area contributed by atoms with Gasteiger partial charge < -0.3 is 4.98 Å². The minimum atomic E-state index is 0.354. The summed E-state index contributed by atoms with van der Waals surface area (Å²) in [7, 11) is 0. The number of fused-ring (bicyclic) bond motifs is 2. The summed E-state index contributed by atoms with van der Waals surface area (Å²) in [5, 5.41) is 1.59. The molecule has 1 atom stereocenters. The molecule has 1 aromatic heterocycles. The van der Waals surface area contributed by atoms with E-state index >= 15 is 0 Å². The Morgan fingerprint density at radius 1 is 0.846 bits per heavy atom. The molecule has 1 N–H and O–H groups in total. The van der Waals surface area contributed by atoms with Crippen molar-refractivity contribution in [1.29, 1.82) is 0 Å². The van der Waals surface area contributed by atoms with Gasteiger partial charge in [0.2, 0.25) is 0 Å². The summed E-state index contributed by atoms with van der Waals surface area (Å²) in [4.78, 5) is 9.73. The number of H-pyrrole nitrogens is 1. The van der Waals surface area contributed by atoms with Crippen LogP contribution in [0.5, 0.6) is 0 Å². The third-order valence-corrected chi connectivity index (χ3v) is 6.16. The first-order chi connectivity index (χ1) is 12.9. The maximum atomic E-state index is 5.08. The Balaban J connectivity index is 1.67. The molecule has 0 saturated carbocycles. The topological polar surface area (TPSA) is 28.1 Å². The van der Waals surface area contributed by atoms with Crippen LogP contribution in [0.4, 0.5) is 5.69 Å². The quantitative estimate of drug-likeness (QED) is 0.436. The number of aromatic nitrogens is 1. The smallest absolute Gasteiger partial charge is 0.0769 e. The normalized spacial score (nSPS) is 16.8. The maximum absolute atomic E-state index is 5.08. The number of nitrogens with zero attached hydrogens (tertiary/aromatic N) is 1. The first-order valence-corrected chi connectivity index (χ1v) is 9.71. The number of nitrogens with one attached hydrogen (secondary N) is 1. The van der Waals surface area contributed by atoms with E-state index < -0.39 is 0 Å². The molecule has 0 amide bonds. The van der Waals surface area contributed by atoms with E-state index in [4.69, 9.17) is 4.99 Å². The Kier molecular flexibility index (Phi) is 3.87. The van der Waals surface area contributed by atoms with Gasteiger partial charge in [-0.25, -0.2) is 0 Å². The van der Waals surface area contributed by atoms with E-state index in [9.17, 15) is 0 Å². The van der Waals surface area contributed by atoms with E-state index in [0.717, 1.165) is 23.3 Å². The maximum Gasteiger partial charge on any atom is 0.0769 e. The lowest BCUT2D eigenvalue weighted by Gasteiger charge is -2.15. The van der Waals surface area contributed by atoms with Crippen LogP contribution in [0.25, 0.3) is 10.9 Å². The zero-order chi connectivity index (χ0) is 17.3. The first-order valence-electron chi connectivity index (χ1n) is 8.83. The fraction of sp³-hybridized carbons (Fsp3) is 0.0870. The number of aromatic amines is 1. The number of benzene rings is 3. The molecule has 1 aliphatic rings. The van der Waals surface area contributed by atoms with Gasteiger partial charge in [-0.05, 0) is 23.8 Å². The number of hydrogen-bond acceptors (Lipinski definition) is 2. The summed E-state index contributed by atoms with van der Waals surface area (Å²) >= 11 is 1.91. The summed E-state index contributed by atoms with van der Waals surface area (Å²) in [6, 6.07) is 27.7. The number of para-hydroxylation sites is 2. The Bertz CT molecular complexity index is 1100. The molecule has 0 bridgehead atoms. The van der Waals surface area contributed by atoms with Crippen molar-refractivity contribution >= 4 is 34.1 Å². The van der Waals surface area contributed by atoms with Crippen LogP contribution in [-0.4, -0.2) is 10.7 Å². The van der Waals surface area contributed by atoms with E-state index in [1.54, 1.807) is 0 Å². The van der Waals surface area contributed by atoms with Gasteiger partial charge in [0, 0.05) is 39.2 Å². The molecule has 2 nitrogen and oxygen atoms in total. The fourth-order valence-corrected chi connectivity index (χ4v) is 4.78. The second-order valence-electron chi connectivity index (χ2n) is 6.50. The molecule has 0 saturated heterocycles. The van der Waals surface area contributed by atoms with E-state index in [0.29, 0.717) is 5.25 Å². The minimum Gasteiger partial charge on any atom is -0.360 e. The van der Waals surface area contributed by atoms with Gasteiger partial charge in [-0.2, -0.15) is 0 Å². The molecular formula is C23H18N2S. The average Bonchev–Trinajstić information content (AvgIpc) is 3.03. The predicted octanol–water partition coefficient (Wildman–Crippen LogP) is 6.53. The monoisotopic (exact) mass is 354 g/mol. The van der Waals surface area contributed by atoms with Gasteiger partial charge in [0.25, 0.3) is 0 Å². The highest BCUT2D eigenvalue weighted by atomic mass is 32.2. The molecule has 3 heteroatoms. The second kappa shape index (κ2) is 6.50. The van der Waals surface area contributed by atoms with E-state index in [1.165, 1.54) is 21.4 Å². The van der Waals surface area contributed by atoms with Crippen molar-refractivity contribution in [3.8, 4) is 0 Å². The number of hydrogen-bond donors (Lipinski definition) is 1. The molecule has 1 unspecified atom stereocenters. The van der Waals surface area contributed by atoms with Crippen LogP contribution in [0, 0.1) is 0 Å². The van der Waals surface area contributed by atoms with Crippen LogP contribution in [0.2, 0.25) is 0 Å². The summed E-state index contributed by atoms with van der Waals surface area (Å²) in [6.07, 6.45) is 3.01. The lowest BCUT2D eigenvalue weighted by Crippen LogP contribution is -2.04. The van der Waals surface area contributed by atoms with Gasteiger partial charge in [-0.1, -0.05) is 60.7 Å². The van der Waals surface area contributed by atoms with Crippen molar-refractivity contribution in [2.24, 2.45) is 4.99 Å². The molecule has 0 radical (unpaired) electrons. The lowest BCUT2D eigenvalue weighted by atomic mass is 10.0. The highest BCUT2D eigenvalue weighted by Gasteiger charge is 2.23. The summed E-state index contributed by atoms with van der Waals surface area (Å²) in [6.45, 7) is 0. The molecule has 0 spiro atoms. The van der Waals surface area contributed by atoms with Gasteiger partial charge in [0.05, 0.1) is 11.4 Å². The zero-order valence-electron chi connectivity index (χ0n) is 14.2. The van der Waals surface area contributed by atoms with Crippen molar-refractivity contribution < 1.29 is 0 Å². The molecule has 3 aromatic carbocycles. The first kappa shape index (κ1) is 15.5. The molecule has 2 heterocycles. The van der Waals surface area contributed by atoms with Crippen LogP contribution >= 0.6 is 11.8 Å². The minimum absolute atomic E-state index is 0.354. The lowest BCUT2D eigenvalue weighted by molar-refractivity contribution is 1.01. The van der Waals surface area contributed by atoms with Crippen LogP contribution in [0.1, 0.15) is 22.8 Å². The van der Waals surface area contributed by atoms with Crippen molar-refractivity contribution in [2.45, 2.75) is 16.6 Å². The Labute approximate surface area is 157 Å².